The molecule has 2 fully saturated rings. The van der Waals surface area contributed by atoms with E-state index >= 15 is 0 Å². The van der Waals surface area contributed by atoms with Gasteiger partial charge in [-0.05, 0) is 69.8 Å². The Hall–Kier alpha value is -2.08. The lowest BCUT2D eigenvalue weighted by atomic mass is 9.93. The van der Waals surface area contributed by atoms with Gasteiger partial charge in [-0.25, -0.2) is 4.79 Å². The van der Waals surface area contributed by atoms with Gasteiger partial charge in [0.1, 0.15) is 0 Å². The second-order valence-electron chi connectivity index (χ2n) is 8.00. The summed E-state index contributed by atoms with van der Waals surface area (Å²) in [6, 6.07) is 9.47. The van der Waals surface area contributed by atoms with E-state index in [2.05, 4.69) is 22.5 Å². The van der Waals surface area contributed by atoms with Gasteiger partial charge in [-0.1, -0.05) is 25.1 Å². The van der Waals surface area contributed by atoms with Crippen LogP contribution in [0.3, 0.4) is 0 Å². The topological polar surface area (TPSA) is 64.7 Å². The molecule has 0 unspecified atom stereocenters. The quantitative estimate of drug-likeness (QED) is 0.790. The fourth-order valence-electron chi connectivity index (χ4n) is 4.17. The number of piperidine rings is 2. The van der Waals surface area contributed by atoms with Crippen molar-refractivity contribution >= 4 is 11.9 Å². The van der Waals surface area contributed by atoms with Gasteiger partial charge >= 0.3 is 6.03 Å². The number of benzene rings is 1. The van der Waals surface area contributed by atoms with E-state index in [0.717, 1.165) is 38.3 Å². The molecule has 28 heavy (non-hydrogen) atoms. The first-order valence-corrected chi connectivity index (χ1v) is 10.8. The Kier molecular flexibility index (Phi) is 7.71. The molecule has 2 N–H and O–H groups in total. The van der Waals surface area contributed by atoms with E-state index < -0.39 is 0 Å². The first-order chi connectivity index (χ1) is 13.7. The highest BCUT2D eigenvalue weighted by Crippen LogP contribution is 2.19. The van der Waals surface area contributed by atoms with Crippen molar-refractivity contribution in [3.63, 3.8) is 0 Å². The molecule has 0 spiro atoms. The third kappa shape index (κ3) is 5.96. The van der Waals surface area contributed by atoms with Crippen LogP contribution in [0.15, 0.2) is 30.3 Å². The monoisotopic (exact) mass is 386 g/mol. The van der Waals surface area contributed by atoms with Crippen molar-refractivity contribution in [2.45, 2.75) is 45.1 Å². The number of amides is 3. The lowest BCUT2D eigenvalue weighted by Crippen LogP contribution is -2.49. The summed E-state index contributed by atoms with van der Waals surface area (Å²) >= 11 is 0. The fourth-order valence-corrected chi connectivity index (χ4v) is 4.17. The Morgan fingerprint density at radius 2 is 1.68 bits per heavy atom. The molecule has 0 aliphatic carbocycles. The van der Waals surface area contributed by atoms with E-state index in [1.165, 1.54) is 25.9 Å². The number of nitrogens with one attached hydrogen (secondary N) is 2. The van der Waals surface area contributed by atoms with Crippen LogP contribution in [-0.4, -0.2) is 67.0 Å². The molecule has 1 aromatic carbocycles. The molecule has 6 heteroatoms. The van der Waals surface area contributed by atoms with Crippen molar-refractivity contribution in [1.82, 2.24) is 20.4 Å². The average Bonchev–Trinajstić information content (AvgIpc) is 2.75. The maximum atomic E-state index is 12.4. The van der Waals surface area contributed by atoms with Crippen molar-refractivity contribution in [2.24, 2.45) is 5.92 Å². The van der Waals surface area contributed by atoms with Gasteiger partial charge < -0.3 is 20.4 Å². The molecule has 0 bridgehead atoms. The SMILES string of the molecule is CCN1CCC(CCNC(=O)N2CCC(NC(=O)c3ccccc3)CC2)CC1. The van der Waals surface area contributed by atoms with Gasteiger partial charge in [-0.2, -0.15) is 0 Å². The number of hydrogen-bond donors (Lipinski definition) is 2. The molecule has 2 aliphatic heterocycles. The largest absolute Gasteiger partial charge is 0.349 e. The van der Waals surface area contributed by atoms with Crippen molar-refractivity contribution in [3.05, 3.63) is 35.9 Å². The molecule has 2 heterocycles. The molecule has 0 atom stereocenters. The normalized spacial score (nSPS) is 19.4. The van der Waals surface area contributed by atoms with E-state index in [4.69, 9.17) is 0 Å². The van der Waals surface area contributed by atoms with Crippen LogP contribution in [-0.2, 0) is 0 Å². The Labute approximate surface area is 168 Å². The lowest BCUT2D eigenvalue weighted by Gasteiger charge is -2.33. The van der Waals surface area contributed by atoms with Crippen LogP contribution in [0.2, 0.25) is 0 Å². The first-order valence-electron chi connectivity index (χ1n) is 10.8. The molecular formula is C22H34N4O2. The molecule has 0 radical (unpaired) electrons. The Balaban J connectivity index is 1.31. The summed E-state index contributed by atoms with van der Waals surface area (Å²) in [4.78, 5) is 29.0. The van der Waals surface area contributed by atoms with Gasteiger partial charge in [0.25, 0.3) is 5.91 Å². The lowest BCUT2D eigenvalue weighted by molar-refractivity contribution is 0.0918. The smallest absolute Gasteiger partial charge is 0.317 e. The second kappa shape index (κ2) is 10.5. The van der Waals surface area contributed by atoms with Gasteiger partial charge in [-0.15, -0.1) is 0 Å². The minimum Gasteiger partial charge on any atom is -0.349 e. The number of nitrogens with zero attached hydrogens (tertiary/aromatic N) is 2. The highest BCUT2D eigenvalue weighted by molar-refractivity contribution is 5.94. The maximum absolute atomic E-state index is 12.4. The van der Waals surface area contributed by atoms with Gasteiger partial charge in [0.2, 0.25) is 0 Å². The van der Waals surface area contributed by atoms with E-state index in [0.29, 0.717) is 18.7 Å². The summed E-state index contributed by atoms with van der Waals surface area (Å²) in [6.45, 7) is 7.90. The molecule has 3 rings (SSSR count). The number of rotatable bonds is 6. The molecule has 2 saturated heterocycles. The minimum atomic E-state index is -0.0300. The number of carbonyl (C=O) groups is 2. The molecule has 1 aromatic rings. The van der Waals surface area contributed by atoms with Crippen molar-refractivity contribution in [1.29, 1.82) is 0 Å². The molecule has 0 aromatic heterocycles. The third-order valence-electron chi connectivity index (χ3n) is 6.14. The Morgan fingerprint density at radius 3 is 2.32 bits per heavy atom. The molecule has 0 saturated carbocycles. The zero-order chi connectivity index (χ0) is 19.8. The Morgan fingerprint density at radius 1 is 1.00 bits per heavy atom. The molecular weight excluding hydrogens is 352 g/mol. The van der Waals surface area contributed by atoms with Crippen LogP contribution in [0, 0.1) is 5.92 Å². The van der Waals surface area contributed by atoms with Crippen LogP contribution in [0.5, 0.6) is 0 Å². The first kappa shape index (κ1) is 20.6. The van der Waals surface area contributed by atoms with E-state index in [1.54, 1.807) is 0 Å². The zero-order valence-corrected chi connectivity index (χ0v) is 17.0. The van der Waals surface area contributed by atoms with Gasteiger partial charge in [0.15, 0.2) is 0 Å². The van der Waals surface area contributed by atoms with Gasteiger partial charge in [-0.3, -0.25) is 4.79 Å². The minimum absolute atomic E-state index is 0.0300. The summed E-state index contributed by atoms with van der Waals surface area (Å²) in [5.74, 6) is 0.708. The number of urea groups is 1. The predicted octanol–water partition coefficient (Wildman–Crippen LogP) is 2.71. The highest BCUT2D eigenvalue weighted by Gasteiger charge is 2.24. The third-order valence-corrected chi connectivity index (χ3v) is 6.14. The maximum Gasteiger partial charge on any atom is 0.317 e. The van der Waals surface area contributed by atoms with Crippen molar-refractivity contribution < 1.29 is 9.59 Å². The van der Waals surface area contributed by atoms with Gasteiger partial charge in [0.05, 0.1) is 0 Å². The highest BCUT2D eigenvalue weighted by atomic mass is 16.2. The Bertz CT molecular complexity index is 621. The number of likely N-dealkylation sites (tertiary alicyclic amines) is 2. The molecule has 6 nitrogen and oxygen atoms in total. The van der Waals surface area contributed by atoms with Crippen LogP contribution >= 0.6 is 0 Å². The predicted molar refractivity (Wildman–Crippen MR) is 111 cm³/mol. The van der Waals surface area contributed by atoms with E-state index in [-0.39, 0.29) is 18.0 Å². The second-order valence-corrected chi connectivity index (χ2v) is 8.00. The molecule has 2 aliphatic rings. The average molecular weight is 387 g/mol. The zero-order valence-electron chi connectivity index (χ0n) is 17.0. The van der Waals surface area contributed by atoms with Gasteiger partial charge in [0, 0.05) is 31.2 Å². The van der Waals surface area contributed by atoms with Crippen molar-refractivity contribution in [2.75, 3.05) is 39.3 Å². The summed E-state index contributed by atoms with van der Waals surface area (Å²) in [5.41, 5.74) is 0.687. The van der Waals surface area contributed by atoms with E-state index in [1.807, 2.05) is 35.2 Å². The van der Waals surface area contributed by atoms with Crippen LogP contribution in [0.25, 0.3) is 0 Å². The summed E-state index contributed by atoms with van der Waals surface area (Å²) in [5, 5.41) is 6.18. The fraction of sp³-hybridized carbons (Fsp3) is 0.636. The van der Waals surface area contributed by atoms with Crippen molar-refractivity contribution in [3.8, 4) is 0 Å². The van der Waals surface area contributed by atoms with E-state index in [9.17, 15) is 9.59 Å². The van der Waals surface area contributed by atoms with Crippen LogP contribution in [0.4, 0.5) is 4.79 Å². The number of carbonyl (C=O) groups excluding carboxylic acids is 2. The summed E-state index contributed by atoms with van der Waals surface area (Å²) < 4.78 is 0. The standard InChI is InChI=1S/C22H34N4O2/c1-2-25-14-9-18(10-15-25)8-13-23-22(28)26-16-11-20(12-17-26)24-21(27)19-6-4-3-5-7-19/h3-7,18,20H,2,8-17H2,1H3,(H,23,28)(H,24,27). The summed E-state index contributed by atoms with van der Waals surface area (Å²) in [6.07, 6.45) is 5.18. The molecule has 154 valence electrons. The summed E-state index contributed by atoms with van der Waals surface area (Å²) in [7, 11) is 0. The molecule has 3 amide bonds. The van der Waals surface area contributed by atoms with Crippen LogP contribution < -0.4 is 10.6 Å². The van der Waals surface area contributed by atoms with Crippen LogP contribution in [0.1, 0.15) is 49.4 Å². The number of hydrogen-bond acceptors (Lipinski definition) is 3.